The highest BCUT2D eigenvalue weighted by molar-refractivity contribution is 6.30. The first-order valence-electron chi connectivity index (χ1n) is 6.58. The molecule has 0 saturated heterocycles. The fourth-order valence-electron chi connectivity index (χ4n) is 1.91. The summed E-state index contributed by atoms with van der Waals surface area (Å²) in [5.74, 6) is 0.102. The molecule has 0 aromatic heterocycles. The van der Waals surface area contributed by atoms with Crippen LogP contribution in [0, 0.1) is 0 Å². The highest BCUT2D eigenvalue weighted by Gasteiger charge is 2.06. The molecule has 0 saturated carbocycles. The third kappa shape index (κ3) is 4.68. The number of halogens is 1. The number of anilines is 1. The van der Waals surface area contributed by atoms with Gasteiger partial charge in [-0.2, -0.15) is 0 Å². The van der Waals surface area contributed by atoms with Gasteiger partial charge in [-0.15, -0.1) is 0 Å². The average Bonchev–Trinajstić information content (AvgIpc) is 2.46. The fraction of sp³-hybridized carbons (Fsp3) is 0.188. The third-order valence-corrected chi connectivity index (χ3v) is 3.22. The molecule has 0 aliphatic carbocycles. The van der Waals surface area contributed by atoms with Crippen LogP contribution in [-0.4, -0.2) is 12.5 Å². The summed E-state index contributed by atoms with van der Waals surface area (Å²) in [4.78, 5) is 10.7. The zero-order valence-corrected chi connectivity index (χ0v) is 12.4. The van der Waals surface area contributed by atoms with Gasteiger partial charge in [0, 0.05) is 22.8 Å². The van der Waals surface area contributed by atoms with Gasteiger partial charge in [0.15, 0.2) is 6.61 Å². The number of amides is 1. The Morgan fingerprint density at radius 2 is 2.00 bits per heavy atom. The molecule has 0 fully saturated rings. The van der Waals surface area contributed by atoms with Crippen LogP contribution in [0.5, 0.6) is 5.75 Å². The van der Waals surface area contributed by atoms with E-state index in [1.807, 2.05) is 42.5 Å². The second-order valence-corrected chi connectivity index (χ2v) is 5.14. The van der Waals surface area contributed by atoms with Crippen molar-refractivity contribution < 1.29 is 9.53 Å². The van der Waals surface area contributed by atoms with Crippen LogP contribution in [0.15, 0.2) is 48.5 Å². The molecule has 5 heteroatoms. The molecule has 1 atom stereocenters. The zero-order valence-electron chi connectivity index (χ0n) is 11.7. The number of nitrogens with one attached hydrogen (secondary N) is 1. The molecule has 2 rings (SSSR count). The van der Waals surface area contributed by atoms with Crippen LogP contribution < -0.4 is 15.8 Å². The lowest BCUT2D eigenvalue weighted by Gasteiger charge is -2.16. The predicted octanol–water partition coefficient (Wildman–Crippen LogP) is 3.38. The molecular weight excluding hydrogens is 288 g/mol. The first-order chi connectivity index (χ1) is 10.0. The van der Waals surface area contributed by atoms with Crippen LogP contribution in [0.2, 0.25) is 5.02 Å². The molecule has 21 heavy (non-hydrogen) atoms. The summed E-state index contributed by atoms with van der Waals surface area (Å²) in [5.41, 5.74) is 7.09. The topological polar surface area (TPSA) is 64.3 Å². The lowest BCUT2D eigenvalue weighted by molar-refractivity contribution is -0.119. The molecule has 0 spiro atoms. The second kappa shape index (κ2) is 6.99. The SMILES string of the molecule is CC(Nc1cccc(OCC(N)=O)c1)c1ccc(Cl)cc1. The van der Waals surface area contributed by atoms with Crippen molar-refractivity contribution in [3.05, 3.63) is 59.1 Å². The molecule has 0 aliphatic heterocycles. The summed E-state index contributed by atoms with van der Waals surface area (Å²) in [7, 11) is 0. The van der Waals surface area contributed by atoms with Gasteiger partial charge in [0.2, 0.25) is 0 Å². The molecule has 0 heterocycles. The maximum atomic E-state index is 10.7. The Morgan fingerprint density at radius 3 is 2.67 bits per heavy atom. The van der Waals surface area contributed by atoms with E-state index in [-0.39, 0.29) is 12.6 Å². The second-order valence-electron chi connectivity index (χ2n) is 4.70. The normalized spacial score (nSPS) is 11.7. The minimum atomic E-state index is -0.497. The number of rotatable bonds is 6. The van der Waals surface area contributed by atoms with Crippen LogP contribution >= 0.6 is 11.6 Å². The van der Waals surface area contributed by atoms with Gasteiger partial charge in [-0.3, -0.25) is 4.79 Å². The number of carbonyl (C=O) groups is 1. The van der Waals surface area contributed by atoms with Gasteiger partial charge in [0.25, 0.3) is 5.91 Å². The van der Waals surface area contributed by atoms with Crippen LogP contribution in [0.25, 0.3) is 0 Å². The van der Waals surface area contributed by atoms with E-state index in [4.69, 9.17) is 22.1 Å². The fourth-order valence-corrected chi connectivity index (χ4v) is 2.04. The van der Waals surface area contributed by atoms with Crippen LogP contribution in [-0.2, 0) is 4.79 Å². The van der Waals surface area contributed by atoms with E-state index in [0.29, 0.717) is 10.8 Å². The molecule has 0 bridgehead atoms. The number of hydrogen-bond acceptors (Lipinski definition) is 3. The maximum Gasteiger partial charge on any atom is 0.255 e. The molecule has 1 unspecified atom stereocenters. The summed E-state index contributed by atoms with van der Waals surface area (Å²) in [6, 6.07) is 15.2. The Balaban J connectivity index is 2.03. The molecule has 2 aromatic rings. The highest BCUT2D eigenvalue weighted by Crippen LogP contribution is 2.23. The first kappa shape index (κ1) is 15.2. The number of primary amides is 1. The minimum Gasteiger partial charge on any atom is -0.484 e. The highest BCUT2D eigenvalue weighted by atomic mass is 35.5. The van der Waals surface area contributed by atoms with E-state index in [1.165, 1.54) is 0 Å². The van der Waals surface area contributed by atoms with Crippen LogP contribution in [0.3, 0.4) is 0 Å². The van der Waals surface area contributed by atoms with Crippen molar-refractivity contribution >= 4 is 23.2 Å². The van der Waals surface area contributed by atoms with Gasteiger partial charge >= 0.3 is 0 Å². The summed E-state index contributed by atoms with van der Waals surface area (Å²) in [6.45, 7) is 1.93. The standard InChI is InChI=1S/C16H17ClN2O2/c1-11(12-5-7-13(17)8-6-12)19-14-3-2-4-15(9-14)21-10-16(18)20/h2-9,11,19H,10H2,1H3,(H2,18,20). The number of ether oxygens (including phenoxy) is 1. The van der Waals surface area contributed by atoms with Crippen LogP contribution in [0.1, 0.15) is 18.5 Å². The Hall–Kier alpha value is -2.20. The van der Waals surface area contributed by atoms with Gasteiger partial charge in [0.1, 0.15) is 5.75 Å². The van der Waals surface area contributed by atoms with Crippen molar-refractivity contribution in [2.24, 2.45) is 5.73 Å². The van der Waals surface area contributed by atoms with Crippen molar-refractivity contribution in [3.63, 3.8) is 0 Å². The summed E-state index contributed by atoms with van der Waals surface area (Å²) in [6.07, 6.45) is 0. The average molecular weight is 305 g/mol. The van der Waals surface area contributed by atoms with Crippen LogP contribution in [0.4, 0.5) is 5.69 Å². The third-order valence-electron chi connectivity index (χ3n) is 2.97. The van der Waals surface area contributed by atoms with Crippen molar-refractivity contribution in [1.82, 2.24) is 0 Å². The Labute approximate surface area is 128 Å². The number of hydrogen-bond donors (Lipinski definition) is 2. The smallest absolute Gasteiger partial charge is 0.255 e. The molecule has 2 aromatic carbocycles. The Bertz CT molecular complexity index is 614. The number of nitrogens with two attached hydrogens (primary N) is 1. The van der Waals surface area contributed by atoms with E-state index in [9.17, 15) is 4.79 Å². The van der Waals surface area contributed by atoms with Crippen molar-refractivity contribution in [1.29, 1.82) is 0 Å². The Kier molecular flexibility index (Phi) is 5.06. The number of carbonyl (C=O) groups excluding carboxylic acids is 1. The number of benzene rings is 2. The predicted molar refractivity (Wildman–Crippen MR) is 84.6 cm³/mol. The lowest BCUT2D eigenvalue weighted by Crippen LogP contribution is -2.20. The monoisotopic (exact) mass is 304 g/mol. The minimum absolute atomic E-state index is 0.119. The zero-order chi connectivity index (χ0) is 15.2. The summed E-state index contributed by atoms with van der Waals surface area (Å²) >= 11 is 5.88. The van der Waals surface area contributed by atoms with Crippen molar-refractivity contribution in [2.75, 3.05) is 11.9 Å². The van der Waals surface area contributed by atoms with Gasteiger partial charge in [-0.05, 0) is 36.8 Å². The van der Waals surface area contributed by atoms with E-state index in [1.54, 1.807) is 6.07 Å². The summed E-state index contributed by atoms with van der Waals surface area (Å²) < 4.78 is 5.28. The lowest BCUT2D eigenvalue weighted by atomic mass is 10.1. The maximum absolute atomic E-state index is 10.7. The van der Waals surface area contributed by atoms with Gasteiger partial charge in [-0.1, -0.05) is 29.8 Å². The van der Waals surface area contributed by atoms with Crippen molar-refractivity contribution in [3.8, 4) is 5.75 Å². The molecule has 0 aliphatic rings. The Morgan fingerprint density at radius 1 is 1.29 bits per heavy atom. The molecule has 1 amide bonds. The van der Waals surface area contributed by atoms with Crippen molar-refractivity contribution in [2.45, 2.75) is 13.0 Å². The molecule has 0 radical (unpaired) electrons. The van der Waals surface area contributed by atoms with E-state index in [0.717, 1.165) is 11.3 Å². The van der Waals surface area contributed by atoms with Gasteiger partial charge in [-0.25, -0.2) is 0 Å². The van der Waals surface area contributed by atoms with Gasteiger partial charge < -0.3 is 15.8 Å². The largest absolute Gasteiger partial charge is 0.484 e. The molecular formula is C16H17ClN2O2. The van der Waals surface area contributed by atoms with E-state index in [2.05, 4.69) is 12.2 Å². The molecule has 4 nitrogen and oxygen atoms in total. The first-order valence-corrected chi connectivity index (χ1v) is 6.95. The van der Waals surface area contributed by atoms with E-state index >= 15 is 0 Å². The quantitative estimate of drug-likeness (QED) is 0.860. The molecule has 3 N–H and O–H groups in total. The summed E-state index contributed by atoms with van der Waals surface area (Å²) in [5, 5.41) is 4.08. The molecule has 110 valence electrons. The van der Waals surface area contributed by atoms with Gasteiger partial charge in [0.05, 0.1) is 0 Å². The van der Waals surface area contributed by atoms with E-state index < -0.39 is 5.91 Å².